The van der Waals surface area contributed by atoms with Gasteiger partial charge in [0, 0.05) is 10.9 Å². The minimum absolute atomic E-state index is 0.0856. The summed E-state index contributed by atoms with van der Waals surface area (Å²) in [7, 11) is 0. The van der Waals surface area contributed by atoms with Crippen LogP contribution in [0, 0.1) is 0 Å². The number of urea groups is 1. The molecule has 0 spiro atoms. The van der Waals surface area contributed by atoms with Crippen molar-refractivity contribution in [2.75, 3.05) is 0 Å². The first-order valence-corrected chi connectivity index (χ1v) is 3.65. The molecule has 0 aliphatic carbocycles. The summed E-state index contributed by atoms with van der Waals surface area (Å²) in [6.07, 6.45) is 0. The van der Waals surface area contributed by atoms with Crippen LogP contribution in [0.2, 0.25) is 0 Å². The van der Waals surface area contributed by atoms with Gasteiger partial charge in [0.15, 0.2) is 0 Å². The van der Waals surface area contributed by atoms with Gasteiger partial charge in [-0.15, -0.1) is 0 Å². The van der Waals surface area contributed by atoms with Crippen LogP contribution in [-0.4, -0.2) is 16.9 Å². The second-order valence-electron chi connectivity index (χ2n) is 1.97. The van der Waals surface area contributed by atoms with E-state index in [-0.39, 0.29) is 10.9 Å². The van der Waals surface area contributed by atoms with Crippen molar-refractivity contribution in [3.8, 4) is 0 Å². The average Bonchev–Trinajstić information content (AvgIpc) is 1.63. The molecule has 4 heteroatoms. The molecule has 0 unspecified atom stereocenters. The van der Waals surface area contributed by atoms with Gasteiger partial charge in [-0.3, -0.25) is 0 Å². The second kappa shape index (κ2) is 3.71. The quantitative estimate of drug-likeness (QED) is 0.630. The molecule has 0 aliphatic rings. The fraction of sp³-hybridized carbons (Fsp3) is 0.800. The van der Waals surface area contributed by atoms with E-state index in [1.807, 2.05) is 13.8 Å². The lowest BCUT2D eigenvalue weighted by atomic mass is 10.3. The Labute approximate surface area is 63.1 Å². The number of nitrogens with one attached hydrogen (secondary N) is 1. The van der Waals surface area contributed by atoms with Crippen LogP contribution < -0.4 is 11.1 Å². The maximum Gasteiger partial charge on any atom is 0.312 e. The van der Waals surface area contributed by atoms with Gasteiger partial charge in [0.05, 0.1) is 0 Å². The van der Waals surface area contributed by atoms with Crippen molar-refractivity contribution in [3.63, 3.8) is 0 Å². The van der Waals surface area contributed by atoms with E-state index in [1.165, 1.54) is 0 Å². The predicted molar refractivity (Wildman–Crippen MR) is 40.6 cm³/mol. The highest BCUT2D eigenvalue weighted by Crippen LogP contribution is 2.02. The minimum Gasteiger partial charge on any atom is -0.352 e. The van der Waals surface area contributed by atoms with Crippen molar-refractivity contribution >= 4 is 22.0 Å². The van der Waals surface area contributed by atoms with E-state index in [0.29, 0.717) is 0 Å². The van der Waals surface area contributed by atoms with Crippen LogP contribution in [0.5, 0.6) is 0 Å². The molecule has 54 valence electrons. The first-order chi connectivity index (χ1) is 4.04. The van der Waals surface area contributed by atoms with Crippen LogP contribution >= 0.6 is 15.9 Å². The zero-order valence-electron chi connectivity index (χ0n) is 5.52. The third-order valence-electron chi connectivity index (χ3n) is 1.06. The number of rotatable bonds is 2. The molecule has 0 radical (unpaired) electrons. The zero-order chi connectivity index (χ0) is 7.44. The van der Waals surface area contributed by atoms with Gasteiger partial charge in [0.25, 0.3) is 0 Å². The molecule has 2 atom stereocenters. The molecule has 0 heterocycles. The van der Waals surface area contributed by atoms with E-state index in [0.717, 1.165) is 0 Å². The molecule has 0 aromatic carbocycles. The van der Waals surface area contributed by atoms with E-state index in [9.17, 15) is 4.79 Å². The van der Waals surface area contributed by atoms with Crippen molar-refractivity contribution < 1.29 is 4.79 Å². The molecule has 0 aromatic heterocycles. The van der Waals surface area contributed by atoms with Gasteiger partial charge in [-0.25, -0.2) is 4.79 Å². The Morgan fingerprint density at radius 1 is 1.67 bits per heavy atom. The summed E-state index contributed by atoms with van der Waals surface area (Å²) in [6.45, 7) is 3.82. The molecule has 0 fully saturated rings. The number of halogens is 1. The number of amides is 2. The topological polar surface area (TPSA) is 55.1 Å². The van der Waals surface area contributed by atoms with Gasteiger partial charge < -0.3 is 11.1 Å². The minimum atomic E-state index is -0.478. The van der Waals surface area contributed by atoms with Gasteiger partial charge in [0.1, 0.15) is 0 Å². The smallest absolute Gasteiger partial charge is 0.312 e. The lowest BCUT2D eigenvalue weighted by molar-refractivity contribution is 0.246. The van der Waals surface area contributed by atoms with Crippen molar-refractivity contribution in [3.05, 3.63) is 0 Å². The molecule has 2 amide bonds. The summed E-state index contributed by atoms with van der Waals surface area (Å²) in [6, 6.07) is -0.392. The number of primary amides is 1. The lowest BCUT2D eigenvalue weighted by Gasteiger charge is -2.13. The van der Waals surface area contributed by atoms with Crippen LogP contribution in [0.1, 0.15) is 13.8 Å². The normalized spacial score (nSPS) is 16.3. The monoisotopic (exact) mass is 194 g/mol. The molecule has 0 aliphatic heterocycles. The van der Waals surface area contributed by atoms with E-state index < -0.39 is 6.03 Å². The number of alkyl halides is 1. The predicted octanol–water partition coefficient (Wildman–Crippen LogP) is 0.827. The van der Waals surface area contributed by atoms with Crippen LogP contribution in [0.15, 0.2) is 0 Å². The number of hydrogen-bond donors (Lipinski definition) is 2. The van der Waals surface area contributed by atoms with E-state index >= 15 is 0 Å². The molecule has 0 saturated heterocycles. The third kappa shape index (κ3) is 4.27. The van der Waals surface area contributed by atoms with Crippen molar-refractivity contribution in [2.24, 2.45) is 5.73 Å². The Morgan fingerprint density at radius 2 is 2.11 bits per heavy atom. The standard InChI is InChI=1S/C5H11BrN2O/c1-3(6)4(2)8-5(7)9/h3-4H,1-2H3,(H3,7,8,9)/t3-,4+/m1/s1. The molecule has 0 saturated carbocycles. The maximum absolute atomic E-state index is 10.2. The molecule has 3 N–H and O–H groups in total. The average molecular weight is 195 g/mol. The third-order valence-corrected chi connectivity index (χ3v) is 1.85. The van der Waals surface area contributed by atoms with Crippen LogP contribution in [0.25, 0.3) is 0 Å². The largest absolute Gasteiger partial charge is 0.352 e. The van der Waals surface area contributed by atoms with Crippen molar-refractivity contribution in [1.29, 1.82) is 0 Å². The Kier molecular flexibility index (Phi) is 3.61. The number of hydrogen-bond acceptors (Lipinski definition) is 1. The highest BCUT2D eigenvalue weighted by Gasteiger charge is 2.08. The molecule has 0 bridgehead atoms. The molecule has 0 rings (SSSR count). The van der Waals surface area contributed by atoms with Gasteiger partial charge in [-0.05, 0) is 6.92 Å². The first kappa shape index (κ1) is 8.75. The molecule has 3 nitrogen and oxygen atoms in total. The molecule has 0 aromatic rings. The summed E-state index contributed by atoms with van der Waals surface area (Å²) in [4.78, 5) is 10.5. The highest BCUT2D eigenvalue weighted by molar-refractivity contribution is 9.09. The summed E-state index contributed by atoms with van der Waals surface area (Å²) >= 11 is 3.30. The highest BCUT2D eigenvalue weighted by atomic mass is 79.9. The summed E-state index contributed by atoms with van der Waals surface area (Å²) < 4.78 is 0. The second-order valence-corrected chi connectivity index (χ2v) is 3.42. The van der Waals surface area contributed by atoms with Gasteiger partial charge in [-0.1, -0.05) is 22.9 Å². The van der Waals surface area contributed by atoms with Crippen LogP contribution in [-0.2, 0) is 0 Å². The summed E-state index contributed by atoms with van der Waals surface area (Å²) in [5.41, 5.74) is 4.86. The summed E-state index contributed by atoms with van der Waals surface area (Å²) in [5.74, 6) is 0. The lowest BCUT2D eigenvalue weighted by Crippen LogP contribution is -2.40. The fourth-order valence-electron chi connectivity index (χ4n) is 0.339. The molecule has 9 heavy (non-hydrogen) atoms. The number of carbonyl (C=O) groups excluding carboxylic acids is 1. The van der Waals surface area contributed by atoms with Crippen LogP contribution in [0.3, 0.4) is 0 Å². The maximum atomic E-state index is 10.2. The van der Waals surface area contributed by atoms with Crippen LogP contribution in [0.4, 0.5) is 4.79 Å². The Hall–Kier alpha value is -0.250. The van der Waals surface area contributed by atoms with Crippen molar-refractivity contribution in [2.45, 2.75) is 24.7 Å². The Morgan fingerprint density at radius 3 is 2.22 bits per heavy atom. The number of carbonyl (C=O) groups is 1. The fourth-order valence-corrected chi connectivity index (χ4v) is 0.471. The SMILES string of the molecule is C[C@H](NC(N)=O)[C@@H](C)Br. The Balaban J connectivity index is 3.50. The van der Waals surface area contributed by atoms with Gasteiger partial charge >= 0.3 is 6.03 Å². The van der Waals surface area contributed by atoms with E-state index in [1.54, 1.807) is 0 Å². The number of nitrogens with two attached hydrogens (primary N) is 1. The van der Waals surface area contributed by atoms with E-state index in [4.69, 9.17) is 5.73 Å². The first-order valence-electron chi connectivity index (χ1n) is 2.74. The van der Waals surface area contributed by atoms with E-state index in [2.05, 4.69) is 21.2 Å². The molecular formula is C5H11BrN2O. The van der Waals surface area contributed by atoms with Gasteiger partial charge in [0.2, 0.25) is 0 Å². The zero-order valence-corrected chi connectivity index (χ0v) is 7.10. The van der Waals surface area contributed by atoms with Gasteiger partial charge in [-0.2, -0.15) is 0 Å². The Bertz CT molecular complexity index is 105. The summed E-state index contributed by atoms with van der Waals surface area (Å²) in [5, 5.41) is 2.53. The van der Waals surface area contributed by atoms with Crippen molar-refractivity contribution in [1.82, 2.24) is 5.32 Å². The molecular weight excluding hydrogens is 184 g/mol.